The molecule has 0 saturated heterocycles. The summed E-state index contributed by atoms with van der Waals surface area (Å²) in [6.45, 7) is 0.310. The number of amides is 1. The monoisotopic (exact) mass is 289 g/mol. The molecule has 8 nitrogen and oxygen atoms in total. The fourth-order valence-corrected chi connectivity index (χ4v) is 1.59. The van der Waals surface area contributed by atoms with Crippen molar-refractivity contribution in [1.29, 1.82) is 0 Å². The molecule has 0 atom stereocenters. The first-order chi connectivity index (χ1) is 10.1. The van der Waals surface area contributed by atoms with Gasteiger partial charge in [0, 0.05) is 17.8 Å². The van der Waals surface area contributed by atoms with Gasteiger partial charge < -0.3 is 15.8 Å². The minimum atomic E-state index is -0.611. The zero-order valence-corrected chi connectivity index (χ0v) is 11.4. The number of nitrogen functional groups attached to an aromatic ring is 1. The van der Waals surface area contributed by atoms with Gasteiger partial charge in [-0.2, -0.15) is 0 Å². The van der Waals surface area contributed by atoms with Crippen LogP contribution in [0.3, 0.4) is 0 Å². The number of rotatable bonds is 5. The number of hydrogen-bond donors (Lipinski definition) is 2. The fraction of sp³-hybridized carbons (Fsp3) is 0.231. The SMILES string of the molecule is COC(=O)c1ncn(CCC(=O)Nc2ccc(N)cc2)n1. The highest BCUT2D eigenvalue weighted by atomic mass is 16.5. The van der Waals surface area contributed by atoms with Crippen LogP contribution in [0, 0.1) is 0 Å². The smallest absolute Gasteiger partial charge is 0.377 e. The van der Waals surface area contributed by atoms with Crippen molar-refractivity contribution in [2.75, 3.05) is 18.2 Å². The van der Waals surface area contributed by atoms with Crippen LogP contribution >= 0.6 is 0 Å². The average molecular weight is 289 g/mol. The fourth-order valence-electron chi connectivity index (χ4n) is 1.59. The van der Waals surface area contributed by atoms with Crippen LogP contribution in [0.2, 0.25) is 0 Å². The number of nitrogens with one attached hydrogen (secondary N) is 1. The lowest BCUT2D eigenvalue weighted by Gasteiger charge is -2.05. The van der Waals surface area contributed by atoms with Gasteiger partial charge in [0.2, 0.25) is 5.91 Å². The van der Waals surface area contributed by atoms with Crippen LogP contribution in [-0.2, 0) is 16.1 Å². The van der Waals surface area contributed by atoms with Crippen LogP contribution in [0.15, 0.2) is 30.6 Å². The van der Waals surface area contributed by atoms with E-state index in [1.54, 1.807) is 24.3 Å². The third-order valence-electron chi connectivity index (χ3n) is 2.67. The molecule has 0 spiro atoms. The summed E-state index contributed by atoms with van der Waals surface area (Å²) in [6.07, 6.45) is 1.58. The summed E-state index contributed by atoms with van der Waals surface area (Å²) in [5, 5.41) is 6.64. The minimum Gasteiger partial charge on any atom is -0.463 e. The molecule has 0 saturated carbocycles. The zero-order valence-electron chi connectivity index (χ0n) is 11.4. The van der Waals surface area contributed by atoms with E-state index in [2.05, 4.69) is 20.1 Å². The molecule has 0 unspecified atom stereocenters. The van der Waals surface area contributed by atoms with Gasteiger partial charge >= 0.3 is 5.97 Å². The van der Waals surface area contributed by atoms with Gasteiger partial charge in [0.15, 0.2) is 0 Å². The Morgan fingerprint density at radius 1 is 1.33 bits per heavy atom. The molecule has 110 valence electrons. The average Bonchev–Trinajstić information content (AvgIpc) is 2.96. The Labute approximate surface area is 120 Å². The minimum absolute atomic E-state index is 0.0311. The van der Waals surface area contributed by atoms with E-state index in [-0.39, 0.29) is 18.2 Å². The lowest BCUT2D eigenvalue weighted by atomic mass is 10.3. The summed E-state index contributed by atoms with van der Waals surface area (Å²) < 4.78 is 5.91. The number of ether oxygens (including phenoxy) is 1. The number of benzene rings is 1. The lowest BCUT2D eigenvalue weighted by molar-refractivity contribution is -0.116. The molecule has 1 heterocycles. The first-order valence-electron chi connectivity index (χ1n) is 6.21. The number of nitrogens with zero attached hydrogens (tertiary/aromatic N) is 3. The predicted molar refractivity (Wildman–Crippen MR) is 75.5 cm³/mol. The largest absolute Gasteiger partial charge is 0.463 e. The number of aromatic nitrogens is 3. The second kappa shape index (κ2) is 6.51. The molecule has 0 aliphatic heterocycles. The van der Waals surface area contributed by atoms with E-state index in [0.717, 1.165) is 0 Å². The second-order valence-corrected chi connectivity index (χ2v) is 4.24. The molecule has 21 heavy (non-hydrogen) atoms. The van der Waals surface area contributed by atoms with E-state index < -0.39 is 5.97 Å². The molecular formula is C13H15N5O3. The molecule has 0 radical (unpaired) electrons. The Morgan fingerprint density at radius 2 is 2.05 bits per heavy atom. The summed E-state index contributed by atoms with van der Waals surface area (Å²) in [7, 11) is 1.25. The quantitative estimate of drug-likeness (QED) is 0.618. The number of esters is 1. The van der Waals surface area contributed by atoms with E-state index in [4.69, 9.17) is 5.73 Å². The Bertz CT molecular complexity index is 636. The van der Waals surface area contributed by atoms with Gasteiger partial charge in [-0.05, 0) is 24.3 Å². The van der Waals surface area contributed by atoms with Gasteiger partial charge in [-0.15, -0.1) is 5.10 Å². The van der Waals surface area contributed by atoms with E-state index in [9.17, 15) is 9.59 Å². The van der Waals surface area contributed by atoms with Crippen LogP contribution in [0.25, 0.3) is 0 Å². The van der Waals surface area contributed by atoms with Gasteiger partial charge in [-0.3, -0.25) is 9.48 Å². The zero-order chi connectivity index (χ0) is 15.2. The van der Waals surface area contributed by atoms with E-state index in [0.29, 0.717) is 17.9 Å². The number of anilines is 2. The summed E-state index contributed by atoms with van der Waals surface area (Å²) in [5.41, 5.74) is 6.86. The summed E-state index contributed by atoms with van der Waals surface area (Å²) in [6, 6.07) is 6.85. The van der Waals surface area contributed by atoms with Gasteiger partial charge in [0.05, 0.1) is 13.7 Å². The third-order valence-corrected chi connectivity index (χ3v) is 2.67. The molecule has 1 aromatic carbocycles. The standard InChI is InChI=1S/C13H15N5O3/c1-21-13(20)12-15-8-18(17-12)7-6-11(19)16-10-4-2-9(14)3-5-10/h2-5,8H,6-7,14H2,1H3,(H,16,19). The molecule has 2 aromatic rings. The van der Waals surface area contributed by atoms with Crippen LogP contribution in [0.4, 0.5) is 11.4 Å². The first kappa shape index (κ1) is 14.5. The number of carbonyl (C=O) groups is 2. The molecule has 2 rings (SSSR count). The normalized spacial score (nSPS) is 10.1. The number of aryl methyl sites for hydroxylation is 1. The summed E-state index contributed by atoms with van der Waals surface area (Å²) in [4.78, 5) is 26.7. The Morgan fingerprint density at radius 3 is 2.71 bits per heavy atom. The lowest BCUT2D eigenvalue weighted by Crippen LogP contribution is -2.15. The first-order valence-corrected chi connectivity index (χ1v) is 6.21. The molecule has 0 aliphatic rings. The summed E-state index contributed by atoms with van der Waals surface area (Å²) >= 11 is 0. The molecule has 8 heteroatoms. The van der Waals surface area contributed by atoms with Gasteiger partial charge in [0.1, 0.15) is 6.33 Å². The highest BCUT2D eigenvalue weighted by Gasteiger charge is 2.11. The summed E-state index contributed by atoms with van der Waals surface area (Å²) in [5.74, 6) is -0.814. The maximum atomic E-state index is 11.8. The molecule has 3 N–H and O–H groups in total. The van der Waals surface area contributed by atoms with Gasteiger partial charge in [-0.1, -0.05) is 0 Å². The van der Waals surface area contributed by atoms with Crippen LogP contribution in [-0.4, -0.2) is 33.8 Å². The van der Waals surface area contributed by atoms with Crippen LogP contribution < -0.4 is 11.1 Å². The van der Waals surface area contributed by atoms with Crippen molar-refractivity contribution in [3.05, 3.63) is 36.4 Å². The highest BCUT2D eigenvalue weighted by Crippen LogP contribution is 2.10. The van der Waals surface area contributed by atoms with E-state index in [1.165, 1.54) is 18.1 Å². The van der Waals surface area contributed by atoms with E-state index >= 15 is 0 Å². The van der Waals surface area contributed by atoms with Crippen molar-refractivity contribution in [2.24, 2.45) is 0 Å². The maximum absolute atomic E-state index is 11.8. The van der Waals surface area contributed by atoms with E-state index in [1.807, 2.05) is 0 Å². The van der Waals surface area contributed by atoms with Crippen molar-refractivity contribution in [2.45, 2.75) is 13.0 Å². The Kier molecular flexibility index (Phi) is 4.50. The molecular weight excluding hydrogens is 274 g/mol. The Balaban J connectivity index is 1.85. The second-order valence-electron chi connectivity index (χ2n) is 4.24. The van der Waals surface area contributed by atoms with Crippen molar-refractivity contribution < 1.29 is 14.3 Å². The van der Waals surface area contributed by atoms with Crippen molar-refractivity contribution in [3.8, 4) is 0 Å². The maximum Gasteiger partial charge on any atom is 0.377 e. The van der Waals surface area contributed by atoms with Gasteiger partial charge in [0.25, 0.3) is 5.82 Å². The molecule has 1 amide bonds. The third kappa shape index (κ3) is 4.03. The Hall–Kier alpha value is -2.90. The van der Waals surface area contributed by atoms with Crippen molar-refractivity contribution in [1.82, 2.24) is 14.8 Å². The van der Waals surface area contributed by atoms with Crippen molar-refractivity contribution >= 4 is 23.3 Å². The molecule has 1 aromatic heterocycles. The highest BCUT2D eigenvalue weighted by molar-refractivity contribution is 5.90. The van der Waals surface area contributed by atoms with Crippen molar-refractivity contribution in [3.63, 3.8) is 0 Å². The number of hydrogen-bond acceptors (Lipinski definition) is 6. The molecule has 0 fully saturated rings. The molecule has 0 aliphatic carbocycles. The topological polar surface area (TPSA) is 112 Å². The number of methoxy groups -OCH3 is 1. The number of carbonyl (C=O) groups excluding carboxylic acids is 2. The van der Waals surface area contributed by atoms with Gasteiger partial charge in [-0.25, -0.2) is 9.78 Å². The van der Waals surface area contributed by atoms with Crippen LogP contribution in [0.5, 0.6) is 0 Å². The predicted octanol–water partition coefficient (Wildman–Crippen LogP) is 0.676. The van der Waals surface area contributed by atoms with Crippen LogP contribution in [0.1, 0.15) is 17.0 Å². The number of nitrogens with two attached hydrogens (primary N) is 1. The molecule has 0 bridgehead atoms.